The van der Waals surface area contributed by atoms with Crippen molar-refractivity contribution in [2.75, 3.05) is 13.1 Å². The van der Waals surface area contributed by atoms with Gasteiger partial charge in [0.15, 0.2) is 0 Å². The average molecular weight is 513 g/mol. The van der Waals surface area contributed by atoms with Gasteiger partial charge in [0, 0.05) is 30.6 Å². The predicted octanol–water partition coefficient (Wildman–Crippen LogP) is 5.36. The molecule has 0 aliphatic carbocycles. The quantitative estimate of drug-likeness (QED) is 0.392. The Bertz CT molecular complexity index is 1320. The number of aromatic nitrogens is 2. The Hall–Kier alpha value is -3.41. The number of carbonyl (C=O) groups excluding carboxylic acids is 2. The monoisotopic (exact) mass is 512 g/mol. The second kappa shape index (κ2) is 10.5. The molecule has 1 saturated heterocycles. The molecular formula is C25H22Cl2N4O4. The van der Waals surface area contributed by atoms with E-state index in [0.717, 1.165) is 19.3 Å². The summed E-state index contributed by atoms with van der Waals surface area (Å²) in [5, 5.41) is 10.7. The lowest BCUT2D eigenvalue weighted by atomic mass is 9.94. The maximum atomic E-state index is 13.3. The van der Waals surface area contributed by atoms with Gasteiger partial charge in [0.2, 0.25) is 11.7 Å². The Morgan fingerprint density at radius 3 is 2.60 bits per heavy atom. The highest BCUT2D eigenvalue weighted by atomic mass is 35.5. The van der Waals surface area contributed by atoms with Gasteiger partial charge >= 0.3 is 5.60 Å². The van der Waals surface area contributed by atoms with E-state index in [4.69, 9.17) is 32.7 Å². The fourth-order valence-corrected chi connectivity index (χ4v) is 4.17. The highest BCUT2D eigenvalue weighted by molar-refractivity contribution is 6.32. The van der Waals surface area contributed by atoms with Crippen molar-refractivity contribution in [1.82, 2.24) is 14.9 Å². The van der Waals surface area contributed by atoms with Crippen LogP contribution in [0.2, 0.25) is 10.0 Å². The number of nitrogens with zero attached hydrogens (tertiary/aromatic N) is 4. The van der Waals surface area contributed by atoms with Gasteiger partial charge in [0.05, 0.1) is 22.3 Å². The van der Waals surface area contributed by atoms with Crippen LogP contribution < -0.4 is 9.47 Å². The number of nitriles is 1. The molecule has 4 rings (SSSR count). The van der Waals surface area contributed by atoms with Crippen LogP contribution in [0.25, 0.3) is 11.0 Å². The van der Waals surface area contributed by atoms with E-state index in [9.17, 15) is 14.9 Å². The van der Waals surface area contributed by atoms with Crippen molar-refractivity contribution < 1.29 is 19.1 Å². The Labute approximate surface area is 212 Å². The number of hydrogen-bond donors (Lipinski definition) is 0. The predicted molar refractivity (Wildman–Crippen MR) is 131 cm³/mol. The van der Waals surface area contributed by atoms with E-state index in [1.807, 2.05) is 6.07 Å². The van der Waals surface area contributed by atoms with Crippen molar-refractivity contribution in [3.63, 3.8) is 0 Å². The number of ether oxygens (including phenoxy) is 2. The number of amides is 1. The number of piperidine rings is 1. The van der Waals surface area contributed by atoms with Crippen LogP contribution in [0.4, 0.5) is 0 Å². The number of halogens is 2. The number of carbonyl (C=O) groups is 2. The normalized spacial score (nSPS) is 15.2. The molecule has 0 spiro atoms. The van der Waals surface area contributed by atoms with Crippen molar-refractivity contribution in [1.29, 1.82) is 5.26 Å². The van der Waals surface area contributed by atoms with Crippen molar-refractivity contribution >= 4 is 45.9 Å². The summed E-state index contributed by atoms with van der Waals surface area (Å²) < 4.78 is 11.7. The number of ketones is 1. The van der Waals surface area contributed by atoms with E-state index in [0.29, 0.717) is 29.1 Å². The van der Waals surface area contributed by atoms with Crippen molar-refractivity contribution in [3.05, 3.63) is 52.6 Å². The molecule has 0 radical (unpaired) electrons. The van der Waals surface area contributed by atoms with Crippen LogP contribution >= 0.6 is 23.2 Å². The van der Waals surface area contributed by atoms with E-state index < -0.39 is 17.3 Å². The molecule has 35 heavy (non-hydrogen) atoms. The molecule has 1 unspecified atom stereocenters. The first-order chi connectivity index (χ1) is 16.9. The minimum absolute atomic E-state index is 0.0293. The zero-order chi connectivity index (χ0) is 25.0. The molecule has 1 amide bonds. The van der Waals surface area contributed by atoms with Gasteiger partial charge in [-0.15, -0.1) is 0 Å². The number of hydrogen-bond acceptors (Lipinski definition) is 7. The molecule has 0 bridgehead atoms. The van der Waals surface area contributed by atoms with Crippen molar-refractivity contribution in [2.24, 2.45) is 0 Å². The molecule has 2 heterocycles. The first kappa shape index (κ1) is 24.7. The average Bonchev–Trinajstić information content (AvgIpc) is 2.88. The molecule has 1 fully saturated rings. The molecule has 0 saturated carbocycles. The van der Waals surface area contributed by atoms with E-state index in [1.165, 1.54) is 23.2 Å². The van der Waals surface area contributed by atoms with Crippen LogP contribution in [-0.2, 0) is 9.59 Å². The molecule has 0 N–H and O–H groups in total. The van der Waals surface area contributed by atoms with Gasteiger partial charge in [-0.05, 0) is 49.6 Å². The van der Waals surface area contributed by atoms with Crippen LogP contribution in [-0.4, -0.2) is 45.2 Å². The lowest BCUT2D eigenvalue weighted by Crippen LogP contribution is -2.58. The Balaban J connectivity index is 1.64. The summed E-state index contributed by atoms with van der Waals surface area (Å²) in [5.41, 5.74) is -1.14. The minimum Gasteiger partial charge on any atom is -0.455 e. The highest BCUT2D eigenvalue weighted by Gasteiger charge is 2.51. The van der Waals surface area contributed by atoms with Crippen LogP contribution in [0, 0.1) is 11.3 Å². The molecule has 8 nitrogen and oxygen atoms in total. The van der Waals surface area contributed by atoms with Gasteiger partial charge in [-0.25, -0.2) is 9.97 Å². The SMILES string of the molecule is CCC(=O)C(C#N)(Oc1cc(Oc2cnc3cc(Cl)ccc3n2)ccc1Cl)C(=O)N1CCCCC1. The number of Topliss-reactive ketones (excluding diaryl/α,β-unsaturated/α-hetero) is 1. The lowest BCUT2D eigenvalue weighted by Gasteiger charge is -2.34. The first-order valence-electron chi connectivity index (χ1n) is 11.2. The van der Waals surface area contributed by atoms with Gasteiger partial charge in [-0.3, -0.25) is 9.59 Å². The zero-order valence-electron chi connectivity index (χ0n) is 19.0. The Kier molecular flexibility index (Phi) is 7.39. The fraction of sp³-hybridized carbons (Fsp3) is 0.320. The highest BCUT2D eigenvalue weighted by Crippen LogP contribution is 2.35. The molecule has 180 valence electrons. The zero-order valence-corrected chi connectivity index (χ0v) is 20.5. The lowest BCUT2D eigenvalue weighted by molar-refractivity contribution is -0.152. The molecule has 1 aromatic heterocycles. The maximum Gasteiger partial charge on any atom is 0.330 e. The summed E-state index contributed by atoms with van der Waals surface area (Å²) in [5.74, 6) is -0.870. The van der Waals surface area contributed by atoms with E-state index in [2.05, 4.69) is 9.97 Å². The van der Waals surface area contributed by atoms with Crippen LogP contribution in [0.3, 0.4) is 0 Å². The maximum absolute atomic E-state index is 13.3. The van der Waals surface area contributed by atoms with Gasteiger partial charge < -0.3 is 14.4 Å². The Morgan fingerprint density at radius 2 is 1.89 bits per heavy atom. The number of benzene rings is 2. The largest absolute Gasteiger partial charge is 0.455 e. The fourth-order valence-electron chi connectivity index (χ4n) is 3.85. The summed E-state index contributed by atoms with van der Waals surface area (Å²) in [6.07, 6.45) is 3.97. The number of likely N-dealkylation sites (tertiary alicyclic amines) is 1. The smallest absolute Gasteiger partial charge is 0.330 e. The molecule has 3 aromatic rings. The summed E-state index contributed by atoms with van der Waals surface area (Å²) in [7, 11) is 0. The van der Waals surface area contributed by atoms with Gasteiger partial charge in [0.25, 0.3) is 5.91 Å². The topological polar surface area (TPSA) is 105 Å². The summed E-state index contributed by atoms with van der Waals surface area (Å²) in [6, 6.07) is 11.4. The van der Waals surface area contributed by atoms with Gasteiger partial charge in [0.1, 0.15) is 17.6 Å². The molecular weight excluding hydrogens is 491 g/mol. The van der Waals surface area contributed by atoms with E-state index in [-0.39, 0.29) is 28.8 Å². The molecule has 1 atom stereocenters. The minimum atomic E-state index is -2.34. The first-order valence-corrected chi connectivity index (χ1v) is 11.9. The second-order valence-electron chi connectivity index (χ2n) is 8.06. The van der Waals surface area contributed by atoms with Crippen LogP contribution in [0.5, 0.6) is 17.4 Å². The molecule has 1 aliphatic heterocycles. The summed E-state index contributed by atoms with van der Waals surface area (Å²) in [4.78, 5) is 36.4. The van der Waals surface area contributed by atoms with Gasteiger partial charge in [-0.1, -0.05) is 30.1 Å². The molecule has 2 aromatic carbocycles. The number of rotatable bonds is 7. The van der Waals surface area contributed by atoms with Gasteiger partial charge in [-0.2, -0.15) is 5.26 Å². The van der Waals surface area contributed by atoms with Crippen LogP contribution in [0.1, 0.15) is 32.6 Å². The number of fused-ring (bicyclic) bond motifs is 1. The van der Waals surface area contributed by atoms with E-state index in [1.54, 1.807) is 31.2 Å². The Morgan fingerprint density at radius 1 is 1.11 bits per heavy atom. The van der Waals surface area contributed by atoms with Crippen LogP contribution in [0.15, 0.2) is 42.6 Å². The summed E-state index contributed by atoms with van der Waals surface area (Å²) >= 11 is 12.3. The van der Waals surface area contributed by atoms with E-state index >= 15 is 0 Å². The molecule has 1 aliphatic rings. The molecule has 10 heteroatoms. The standard InChI is InChI=1S/C25H22Cl2N4O4/c1-2-22(32)25(15-28,24(33)31-10-4-3-5-11-31)35-21-13-17(7-8-18(21)27)34-23-14-29-20-12-16(26)6-9-19(20)30-23/h6-9,12-14H,2-5,10-11H2,1H3. The van der Waals surface area contributed by atoms with Crippen molar-refractivity contribution in [3.8, 4) is 23.4 Å². The third-order valence-electron chi connectivity index (χ3n) is 5.69. The van der Waals surface area contributed by atoms with Crippen molar-refractivity contribution in [2.45, 2.75) is 38.2 Å². The third-order valence-corrected chi connectivity index (χ3v) is 6.23. The summed E-state index contributed by atoms with van der Waals surface area (Å²) in [6.45, 7) is 2.50. The second-order valence-corrected chi connectivity index (χ2v) is 8.90. The third kappa shape index (κ3) is 5.16.